The third kappa shape index (κ3) is 2.22. The van der Waals surface area contributed by atoms with Crippen molar-refractivity contribution >= 4 is 11.0 Å². The Morgan fingerprint density at radius 1 is 1.50 bits per heavy atom. The molecule has 1 aliphatic rings. The Morgan fingerprint density at radius 2 is 2.35 bits per heavy atom. The van der Waals surface area contributed by atoms with E-state index in [2.05, 4.69) is 19.6 Å². The maximum absolute atomic E-state index is 5.86. The van der Waals surface area contributed by atoms with E-state index in [4.69, 9.17) is 14.9 Å². The molecule has 1 fully saturated rings. The van der Waals surface area contributed by atoms with Crippen LogP contribution >= 0.6 is 0 Å². The van der Waals surface area contributed by atoms with Crippen LogP contribution in [0, 0.1) is 5.92 Å². The zero-order chi connectivity index (χ0) is 14.1. The van der Waals surface area contributed by atoms with Gasteiger partial charge in [-0.05, 0) is 43.0 Å². The van der Waals surface area contributed by atoms with Crippen molar-refractivity contribution in [3.05, 3.63) is 42.2 Å². The predicted octanol–water partition coefficient (Wildman–Crippen LogP) is 3.62. The Hall–Kier alpha value is -1.74. The van der Waals surface area contributed by atoms with Crippen molar-refractivity contribution in [1.82, 2.24) is 0 Å². The van der Waals surface area contributed by atoms with Gasteiger partial charge >= 0.3 is 0 Å². The van der Waals surface area contributed by atoms with Gasteiger partial charge in [0, 0.05) is 17.4 Å². The molecular formula is C17H21NO2. The zero-order valence-corrected chi connectivity index (χ0v) is 11.9. The average molecular weight is 271 g/mol. The van der Waals surface area contributed by atoms with Crippen molar-refractivity contribution in [1.29, 1.82) is 0 Å². The lowest BCUT2D eigenvalue weighted by molar-refractivity contribution is 0.359. The highest BCUT2D eigenvalue weighted by Crippen LogP contribution is 2.52. The van der Waals surface area contributed by atoms with E-state index < -0.39 is 0 Å². The number of hydrogen-bond acceptors (Lipinski definition) is 3. The summed E-state index contributed by atoms with van der Waals surface area (Å²) in [5.74, 6) is 3.05. The van der Waals surface area contributed by atoms with Crippen molar-refractivity contribution in [2.45, 2.75) is 25.7 Å². The smallest absolute Gasteiger partial charge is 0.134 e. The normalized spacial score (nSPS) is 21.1. The Bertz CT molecular complexity index is 629. The van der Waals surface area contributed by atoms with Gasteiger partial charge in [-0.3, -0.25) is 0 Å². The Labute approximate surface area is 119 Å². The molecule has 0 bridgehead atoms. The van der Waals surface area contributed by atoms with Gasteiger partial charge in [0.1, 0.15) is 23.7 Å². The molecule has 2 aromatic rings. The van der Waals surface area contributed by atoms with E-state index in [9.17, 15) is 0 Å². The molecule has 2 atom stereocenters. The van der Waals surface area contributed by atoms with Crippen LogP contribution in [0.4, 0.5) is 0 Å². The lowest BCUT2D eigenvalue weighted by Crippen LogP contribution is -2.03. The first-order valence-electron chi connectivity index (χ1n) is 7.27. The molecule has 2 N–H and O–H groups in total. The maximum Gasteiger partial charge on any atom is 0.134 e. The molecule has 0 amide bonds. The minimum atomic E-state index is 0.505. The highest BCUT2D eigenvalue weighted by molar-refractivity contribution is 5.85. The summed E-state index contributed by atoms with van der Waals surface area (Å²) in [6.45, 7) is 7.08. The summed E-state index contributed by atoms with van der Waals surface area (Å²) in [7, 11) is 0. The predicted molar refractivity (Wildman–Crippen MR) is 81.2 cm³/mol. The molecule has 1 aliphatic carbocycles. The lowest BCUT2D eigenvalue weighted by atomic mass is 10.0. The molecule has 1 saturated carbocycles. The summed E-state index contributed by atoms with van der Waals surface area (Å²) in [6, 6.07) is 6.16. The second kappa shape index (κ2) is 5.33. The summed E-state index contributed by atoms with van der Waals surface area (Å²) >= 11 is 0. The highest BCUT2D eigenvalue weighted by atomic mass is 16.5. The molecule has 106 valence electrons. The van der Waals surface area contributed by atoms with Gasteiger partial charge in [0.15, 0.2) is 0 Å². The summed E-state index contributed by atoms with van der Waals surface area (Å²) in [5.41, 5.74) is 8.02. The summed E-state index contributed by atoms with van der Waals surface area (Å²) in [4.78, 5) is 0. The molecule has 20 heavy (non-hydrogen) atoms. The molecule has 1 aromatic carbocycles. The average Bonchev–Trinajstić information content (AvgIpc) is 3.13. The van der Waals surface area contributed by atoms with E-state index in [0.29, 0.717) is 18.4 Å². The standard InChI is InChI=1S/C17H21NO2/c1-3-7-19-16-6-5-15-14(9-12(4-2)20-15)17(16)13-8-11(13)10-18/h3,5-6,9,11,13H,1,4,7-8,10,18H2,2H3/t11-,13+/m0/s1. The van der Waals surface area contributed by atoms with Crippen LogP contribution in [0.2, 0.25) is 0 Å². The lowest BCUT2D eigenvalue weighted by Gasteiger charge is -2.11. The molecule has 3 heteroatoms. The fraction of sp³-hybridized carbons (Fsp3) is 0.412. The zero-order valence-electron chi connectivity index (χ0n) is 11.9. The van der Waals surface area contributed by atoms with Crippen molar-refractivity contribution in [3.63, 3.8) is 0 Å². The van der Waals surface area contributed by atoms with Crippen molar-refractivity contribution in [2.24, 2.45) is 11.7 Å². The van der Waals surface area contributed by atoms with Crippen LogP contribution in [0.3, 0.4) is 0 Å². The van der Waals surface area contributed by atoms with Gasteiger partial charge < -0.3 is 14.9 Å². The van der Waals surface area contributed by atoms with Gasteiger partial charge in [0.25, 0.3) is 0 Å². The van der Waals surface area contributed by atoms with Gasteiger partial charge in [0.2, 0.25) is 0 Å². The van der Waals surface area contributed by atoms with E-state index >= 15 is 0 Å². The van der Waals surface area contributed by atoms with Crippen LogP contribution in [0.1, 0.15) is 30.6 Å². The summed E-state index contributed by atoms with van der Waals surface area (Å²) in [6.07, 6.45) is 3.82. The van der Waals surface area contributed by atoms with Crippen LogP contribution in [0.15, 0.2) is 35.3 Å². The second-order valence-electron chi connectivity index (χ2n) is 5.39. The van der Waals surface area contributed by atoms with Crippen molar-refractivity contribution < 1.29 is 9.15 Å². The van der Waals surface area contributed by atoms with Crippen molar-refractivity contribution in [3.8, 4) is 5.75 Å². The Kier molecular flexibility index (Phi) is 3.53. The molecule has 0 spiro atoms. The van der Waals surface area contributed by atoms with Gasteiger partial charge in [-0.15, -0.1) is 0 Å². The molecular weight excluding hydrogens is 250 g/mol. The van der Waals surface area contributed by atoms with E-state index in [1.54, 1.807) is 6.08 Å². The van der Waals surface area contributed by atoms with E-state index in [1.807, 2.05) is 12.1 Å². The highest BCUT2D eigenvalue weighted by Gasteiger charge is 2.40. The number of fused-ring (bicyclic) bond motifs is 1. The number of furan rings is 1. The summed E-state index contributed by atoms with van der Waals surface area (Å²) < 4.78 is 11.7. The second-order valence-corrected chi connectivity index (χ2v) is 5.39. The topological polar surface area (TPSA) is 48.4 Å². The van der Waals surface area contributed by atoms with Crippen LogP contribution in [0.25, 0.3) is 11.0 Å². The molecule has 0 saturated heterocycles. The first-order chi connectivity index (χ1) is 9.78. The van der Waals surface area contributed by atoms with E-state index in [-0.39, 0.29) is 0 Å². The molecule has 0 unspecified atom stereocenters. The van der Waals surface area contributed by atoms with Gasteiger partial charge in [-0.2, -0.15) is 0 Å². The third-order valence-corrected chi connectivity index (χ3v) is 4.05. The van der Waals surface area contributed by atoms with E-state index in [1.165, 1.54) is 10.9 Å². The molecule has 0 radical (unpaired) electrons. The number of benzene rings is 1. The quantitative estimate of drug-likeness (QED) is 0.816. The largest absolute Gasteiger partial charge is 0.489 e. The Morgan fingerprint density at radius 3 is 3.00 bits per heavy atom. The van der Waals surface area contributed by atoms with Gasteiger partial charge in [-0.25, -0.2) is 0 Å². The van der Waals surface area contributed by atoms with E-state index in [0.717, 1.165) is 36.5 Å². The van der Waals surface area contributed by atoms with Gasteiger partial charge in [0.05, 0.1) is 0 Å². The first kappa shape index (κ1) is 13.3. The fourth-order valence-corrected chi connectivity index (χ4v) is 2.86. The first-order valence-corrected chi connectivity index (χ1v) is 7.27. The monoisotopic (exact) mass is 271 g/mol. The molecule has 3 nitrogen and oxygen atoms in total. The number of nitrogens with two attached hydrogens (primary N) is 1. The van der Waals surface area contributed by atoms with Crippen LogP contribution in [-0.4, -0.2) is 13.2 Å². The third-order valence-electron chi connectivity index (χ3n) is 4.05. The number of rotatable bonds is 6. The molecule has 0 aliphatic heterocycles. The van der Waals surface area contributed by atoms with Gasteiger partial charge in [-0.1, -0.05) is 19.6 Å². The molecule has 1 aromatic heterocycles. The SMILES string of the molecule is C=CCOc1ccc2oc(CC)cc2c1[C@@H]1C[C@H]1CN. The number of aryl methyl sites for hydroxylation is 1. The van der Waals surface area contributed by atoms with Crippen molar-refractivity contribution in [2.75, 3.05) is 13.2 Å². The maximum atomic E-state index is 5.86. The fourth-order valence-electron chi connectivity index (χ4n) is 2.86. The van der Waals surface area contributed by atoms with Crippen LogP contribution in [0.5, 0.6) is 5.75 Å². The molecule has 3 rings (SSSR count). The minimum Gasteiger partial charge on any atom is -0.489 e. The minimum absolute atomic E-state index is 0.505. The number of hydrogen-bond donors (Lipinski definition) is 1. The Balaban J connectivity index is 2.08. The number of ether oxygens (including phenoxy) is 1. The summed E-state index contributed by atoms with van der Waals surface area (Å²) in [5, 5.41) is 1.18. The van der Waals surface area contributed by atoms with Crippen LogP contribution in [-0.2, 0) is 6.42 Å². The van der Waals surface area contributed by atoms with Crippen LogP contribution < -0.4 is 10.5 Å². The molecule has 1 heterocycles.